The fraction of sp³-hybridized carbons (Fsp3) is 0.583. The maximum atomic E-state index is 5.93. The molecule has 0 saturated carbocycles. The summed E-state index contributed by atoms with van der Waals surface area (Å²) in [7, 11) is 0. The summed E-state index contributed by atoms with van der Waals surface area (Å²) in [4.78, 5) is 6.61. The smallest absolute Gasteiger partial charge is 0.0597 e. The van der Waals surface area contributed by atoms with Crippen molar-refractivity contribution in [3.63, 3.8) is 0 Å². The van der Waals surface area contributed by atoms with Crippen LogP contribution in [0.25, 0.3) is 0 Å². The largest absolute Gasteiger partial charge is 0.370 e. The summed E-state index contributed by atoms with van der Waals surface area (Å²) < 4.78 is 0. The molecule has 2 nitrogen and oxygen atoms in total. The van der Waals surface area contributed by atoms with Gasteiger partial charge in [0.05, 0.1) is 11.9 Å². The number of hydrogen-bond acceptors (Lipinski definition) is 2. The maximum absolute atomic E-state index is 5.93. The molecule has 1 aliphatic rings. The molecule has 3 heteroatoms. The normalized spacial score (nSPS) is 21.7. The Bertz CT molecular complexity index is 327. The highest BCUT2D eigenvalue weighted by Crippen LogP contribution is 2.26. The van der Waals surface area contributed by atoms with Crippen LogP contribution >= 0.6 is 11.6 Å². The van der Waals surface area contributed by atoms with Crippen LogP contribution in [0, 0.1) is 5.92 Å². The number of rotatable bonds is 2. The molecule has 0 N–H and O–H groups in total. The molecule has 0 radical (unpaired) electrons. The number of aromatic nitrogens is 1. The van der Waals surface area contributed by atoms with Crippen molar-refractivity contribution in [2.24, 2.45) is 5.92 Å². The molecule has 15 heavy (non-hydrogen) atoms. The van der Waals surface area contributed by atoms with E-state index in [1.807, 2.05) is 18.5 Å². The molecule has 2 heterocycles. The number of piperidine rings is 1. The van der Waals surface area contributed by atoms with Crippen LogP contribution in [0.2, 0.25) is 0 Å². The zero-order valence-corrected chi connectivity index (χ0v) is 9.87. The van der Waals surface area contributed by atoms with Gasteiger partial charge in [-0.15, -0.1) is 11.6 Å². The van der Waals surface area contributed by atoms with Crippen molar-refractivity contribution in [3.8, 4) is 0 Å². The van der Waals surface area contributed by atoms with Crippen molar-refractivity contribution in [2.75, 3.05) is 18.0 Å². The third kappa shape index (κ3) is 2.43. The topological polar surface area (TPSA) is 16.1 Å². The van der Waals surface area contributed by atoms with E-state index >= 15 is 0 Å². The van der Waals surface area contributed by atoms with E-state index in [1.54, 1.807) is 0 Å². The summed E-state index contributed by atoms with van der Waals surface area (Å²) in [6, 6.07) is 2.02. The first-order chi connectivity index (χ1) is 7.31. The molecule has 1 unspecified atom stereocenters. The number of anilines is 1. The van der Waals surface area contributed by atoms with Gasteiger partial charge < -0.3 is 4.90 Å². The van der Waals surface area contributed by atoms with Gasteiger partial charge in [0.1, 0.15) is 0 Å². The lowest BCUT2D eigenvalue weighted by Gasteiger charge is -2.33. The number of pyridine rings is 1. The fourth-order valence-electron chi connectivity index (χ4n) is 2.22. The molecular weight excluding hydrogens is 208 g/mol. The highest BCUT2D eigenvalue weighted by molar-refractivity contribution is 6.17. The summed E-state index contributed by atoms with van der Waals surface area (Å²) in [5.74, 6) is 1.35. The minimum atomic E-state index is 0.572. The Balaban J connectivity index is 2.20. The van der Waals surface area contributed by atoms with Gasteiger partial charge in [0.15, 0.2) is 0 Å². The second-order valence-corrected chi connectivity index (χ2v) is 4.60. The van der Waals surface area contributed by atoms with Gasteiger partial charge in [-0.3, -0.25) is 4.98 Å². The van der Waals surface area contributed by atoms with Crippen LogP contribution in [0.3, 0.4) is 0 Å². The Kier molecular flexibility index (Phi) is 3.47. The van der Waals surface area contributed by atoms with Crippen molar-refractivity contribution >= 4 is 17.3 Å². The summed E-state index contributed by atoms with van der Waals surface area (Å²) in [5, 5.41) is 0. The molecule has 0 aromatic carbocycles. The standard InChI is InChI=1S/C12H17ClN2/c1-10-3-2-6-15(9-10)12-8-14-5-4-11(12)7-13/h4-5,8,10H,2-3,6-7,9H2,1H3. The second kappa shape index (κ2) is 4.84. The molecule has 2 rings (SSSR count). The molecular formula is C12H17ClN2. The Morgan fingerprint density at radius 1 is 1.60 bits per heavy atom. The monoisotopic (exact) mass is 224 g/mol. The maximum Gasteiger partial charge on any atom is 0.0597 e. The minimum Gasteiger partial charge on any atom is -0.370 e. The third-order valence-electron chi connectivity index (χ3n) is 3.03. The Morgan fingerprint density at radius 2 is 2.47 bits per heavy atom. The minimum absolute atomic E-state index is 0.572. The summed E-state index contributed by atoms with van der Waals surface area (Å²) >= 11 is 5.93. The zero-order valence-electron chi connectivity index (χ0n) is 9.12. The fourth-order valence-corrected chi connectivity index (χ4v) is 2.45. The number of hydrogen-bond donors (Lipinski definition) is 0. The van der Waals surface area contributed by atoms with E-state index in [-0.39, 0.29) is 0 Å². The van der Waals surface area contributed by atoms with Gasteiger partial charge in [-0.05, 0) is 30.4 Å². The molecule has 1 aliphatic heterocycles. The first-order valence-corrected chi connectivity index (χ1v) is 6.08. The molecule has 1 aromatic rings. The second-order valence-electron chi connectivity index (χ2n) is 4.33. The molecule has 0 spiro atoms. The van der Waals surface area contributed by atoms with Crippen LogP contribution < -0.4 is 4.90 Å². The summed E-state index contributed by atoms with van der Waals surface area (Å²) in [6.45, 7) is 4.58. The van der Waals surface area contributed by atoms with Crippen molar-refractivity contribution in [2.45, 2.75) is 25.6 Å². The van der Waals surface area contributed by atoms with Crippen LogP contribution in [0.1, 0.15) is 25.3 Å². The predicted octanol–water partition coefficient (Wildman–Crippen LogP) is 3.06. The molecule has 1 atom stereocenters. The van der Waals surface area contributed by atoms with Crippen molar-refractivity contribution in [1.82, 2.24) is 4.98 Å². The average Bonchev–Trinajstić information content (AvgIpc) is 2.29. The number of nitrogens with zero attached hydrogens (tertiary/aromatic N) is 2. The van der Waals surface area contributed by atoms with Gasteiger partial charge in [0, 0.05) is 25.2 Å². The van der Waals surface area contributed by atoms with E-state index in [2.05, 4.69) is 16.8 Å². The lowest BCUT2D eigenvalue weighted by atomic mass is 9.99. The number of alkyl halides is 1. The van der Waals surface area contributed by atoms with Gasteiger partial charge in [0.2, 0.25) is 0 Å². The number of halogens is 1. The lowest BCUT2D eigenvalue weighted by molar-refractivity contribution is 0.446. The van der Waals surface area contributed by atoms with Crippen molar-refractivity contribution in [3.05, 3.63) is 24.0 Å². The quantitative estimate of drug-likeness (QED) is 0.718. The molecule has 1 fully saturated rings. The third-order valence-corrected chi connectivity index (χ3v) is 3.32. The van der Waals surface area contributed by atoms with E-state index in [1.165, 1.54) is 24.1 Å². The van der Waals surface area contributed by atoms with E-state index in [4.69, 9.17) is 11.6 Å². The van der Waals surface area contributed by atoms with E-state index in [0.717, 1.165) is 19.0 Å². The van der Waals surface area contributed by atoms with Crippen molar-refractivity contribution < 1.29 is 0 Å². The molecule has 82 valence electrons. The Hall–Kier alpha value is -0.760. The van der Waals surface area contributed by atoms with Gasteiger partial charge in [0.25, 0.3) is 0 Å². The van der Waals surface area contributed by atoms with Crippen LogP contribution in [0.5, 0.6) is 0 Å². The van der Waals surface area contributed by atoms with Crippen molar-refractivity contribution in [1.29, 1.82) is 0 Å². The van der Waals surface area contributed by atoms with Gasteiger partial charge in [-0.25, -0.2) is 0 Å². The Morgan fingerprint density at radius 3 is 3.20 bits per heavy atom. The summed E-state index contributed by atoms with van der Waals surface area (Å²) in [6.07, 6.45) is 6.37. The highest BCUT2D eigenvalue weighted by Gasteiger charge is 2.18. The zero-order chi connectivity index (χ0) is 10.7. The SMILES string of the molecule is CC1CCCN(c2cnccc2CCl)C1. The van der Waals surface area contributed by atoms with Crippen LogP contribution in [-0.4, -0.2) is 18.1 Å². The molecule has 0 aliphatic carbocycles. The first-order valence-electron chi connectivity index (χ1n) is 5.55. The first kappa shape index (κ1) is 10.7. The average molecular weight is 225 g/mol. The van der Waals surface area contributed by atoms with E-state index in [0.29, 0.717) is 5.88 Å². The van der Waals surface area contributed by atoms with E-state index < -0.39 is 0 Å². The molecule has 1 aromatic heterocycles. The predicted molar refractivity (Wildman–Crippen MR) is 64.4 cm³/mol. The van der Waals surface area contributed by atoms with Crippen LogP contribution in [0.4, 0.5) is 5.69 Å². The van der Waals surface area contributed by atoms with Gasteiger partial charge >= 0.3 is 0 Å². The molecule has 0 amide bonds. The van der Waals surface area contributed by atoms with Gasteiger partial charge in [-0.2, -0.15) is 0 Å². The molecule has 1 saturated heterocycles. The summed E-state index contributed by atoms with van der Waals surface area (Å²) in [5.41, 5.74) is 2.42. The van der Waals surface area contributed by atoms with E-state index in [9.17, 15) is 0 Å². The van der Waals surface area contributed by atoms with Crippen LogP contribution in [0.15, 0.2) is 18.5 Å². The lowest BCUT2D eigenvalue weighted by Crippen LogP contribution is -2.34. The van der Waals surface area contributed by atoms with Crippen LogP contribution in [-0.2, 0) is 5.88 Å². The Labute approximate surface area is 96.3 Å². The van der Waals surface area contributed by atoms with Gasteiger partial charge in [-0.1, -0.05) is 6.92 Å². The molecule has 0 bridgehead atoms. The highest BCUT2D eigenvalue weighted by atomic mass is 35.5.